The third-order valence-corrected chi connectivity index (χ3v) is 6.07. The van der Waals surface area contributed by atoms with E-state index in [2.05, 4.69) is 10.1 Å². The van der Waals surface area contributed by atoms with Gasteiger partial charge in [0.15, 0.2) is 6.61 Å². The molecule has 0 bridgehead atoms. The maximum Gasteiger partial charge on any atom is 0.261 e. The summed E-state index contributed by atoms with van der Waals surface area (Å²) in [5.74, 6) is 1.33. The van der Waals surface area contributed by atoms with Gasteiger partial charge in [0, 0.05) is 30.8 Å². The molecule has 3 aromatic rings. The highest BCUT2D eigenvalue weighted by Gasteiger charge is 2.32. The molecule has 1 aliphatic heterocycles. The van der Waals surface area contributed by atoms with Gasteiger partial charge in [0.2, 0.25) is 11.7 Å². The zero-order valence-electron chi connectivity index (χ0n) is 19.6. The SMILES string of the molecule is CCN(CC)C(=O)c1cccc(-c2noc([C@H]3CCCCN3C(=O)COc3ccccc3)n2)c1. The number of para-hydroxylation sites is 1. The summed E-state index contributed by atoms with van der Waals surface area (Å²) in [6.07, 6.45) is 2.64. The van der Waals surface area contributed by atoms with Crippen molar-refractivity contribution < 1.29 is 18.8 Å². The van der Waals surface area contributed by atoms with E-state index >= 15 is 0 Å². The maximum atomic E-state index is 12.9. The third-order valence-electron chi connectivity index (χ3n) is 6.07. The molecule has 0 radical (unpaired) electrons. The average Bonchev–Trinajstić information content (AvgIpc) is 3.39. The number of nitrogens with zero attached hydrogens (tertiary/aromatic N) is 4. The predicted molar refractivity (Wildman–Crippen MR) is 127 cm³/mol. The lowest BCUT2D eigenvalue weighted by Crippen LogP contribution is -2.41. The number of carbonyl (C=O) groups excluding carboxylic acids is 2. The zero-order chi connectivity index (χ0) is 23.9. The Kier molecular flexibility index (Phi) is 7.57. The van der Waals surface area contributed by atoms with Crippen molar-refractivity contribution in [2.45, 2.75) is 39.2 Å². The normalized spacial score (nSPS) is 15.7. The number of amides is 2. The number of ether oxygens (including phenoxy) is 1. The smallest absolute Gasteiger partial charge is 0.261 e. The van der Waals surface area contributed by atoms with E-state index in [9.17, 15) is 9.59 Å². The fraction of sp³-hybridized carbons (Fsp3) is 0.385. The minimum atomic E-state index is -0.289. The van der Waals surface area contributed by atoms with Gasteiger partial charge < -0.3 is 19.1 Å². The number of piperidine rings is 1. The van der Waals surface area contributed by atoms with E-state index in [-0.39, 0.29) is 24.5 Å². The molecule has 1 fully saturated rings. The Morgan fingerprint density at radius 1 is 1.09 bits per heavy atom. The molecule has 1 aliphatic rings. The van der Waals surface area contributed by atoms with Crippen LogP contribution in [-0.2, 0) is 4.79 Å². The fourth-order valence-electron chi connectivity index (χ4n) is 4.20. The van der Waals surface area contributed by atoms with Crippen molar-refractivity contribution in [3.05, 3.63) is 66.1 Å². The molecule has 8 nitrogen and oxygen atoms in total. The van der Waals surface area contributed by atoms with Crippen LogP contribution in [0.3, 0.4) is 0 Å². The number of rotatable bonds is 8. The first-order chi connectivity index (χ1) is 16.6. The van der Waals surface area contributed by atoms with Crippen LogP contribution >= 0.6 is 0 Å². The van der Waals surface area contributed by atoms with Crippen LogP contribution in [-0.4, -0.2) is 58.0 Å². The van der Waals surface area contributed by atoms with Crippen LogP contribution in [0, 0.1) is 0 Å². The zero-order valence-corrected chi connectivity index (χ0v) is 19.6. The molecule has 0 spiro atoms. The topological polar surface area (TPSA) is 88.8 Å². The lowest BCUT2D eigenvalue weighted by Gasteiger charge is -2.33. The van der Waals surface area contributed by atoms with Gasteiger partial charge >= 0.3 is 0 Å². The van der Waals surface area contributed by atoms with Crippen LogP contribution in [0.5, 0.6) is 5.75 Å². The summed E-state index contributed by atoms with van der Waals surface area (Å²) in [6.45, 7) is 5.78. The van der Waals surface area contributed by atoms with Crippen molar-refractivity contribution in [2.75, 3.05) is 26.2 Å². The molecule has 0 aliphatic carbocycles. The van der Waals surface area contributed by atoms with Crippen molar-refractivity contribution in [3.63, 3.8) is 0 Å². The largest absolute Gasteiger partial charge is 0.484 e. The molecule has 1 atom stereocenters. The molecule has 178 valence electrons. The second kappa shape index (κ2) is 11.0. The summed E-state index contributed by atoms with van der Waals surface area (Å²) < 4.78 is 11.3. The second-order valence-electron chi connectivity index (χ2n) is 8.21. The summed E-state index contributed by atoms with van der Waals surface area (Å²) in [5, 5.41) is 4.15. The minimum absolute atomic E-state index is 0.0296. The number of carbonyl (C=O) groups is 2. The van der Waals surface area contributed by atoms with Crippen molar-refractivity contribution in [3.8, 4) is 17.1 Å². The molecule has 34 heavy (non-hydrogen) atoms. The first-order valence-electron chi connectivity index (χ1n) is 11.8. The number of hydrogen-bond acceptors (Lipinski definition) is 6. The van der Waals surface area contributed by atoms with Gasteiger partial charge in [0.25, 0.3) is 11.8 Å². The van der Waals surface area contributed by atoms with Gasteiger partial charge in [-0.15, -0.1) is 0 Å². The molecular formula is C26H30N4O4. The van der Waals surface area contributed by atoms with E-state index in [4.69, 9.17) is 9.26 Å². The number of aromatic nitrogens is 2. The highest BCUT2D eigenvalue weighted by molar-refractivity contribution is 5.95. The van der Waals surface area contributed by atoms with Gasteiger partial charge in [-0.3, -0.25) is 9.59 Å². The van der Waals surface area contributed by atoms with Gasteiger partial charge in [0.05, 0.1) is 0 Å². The Bertz CT molecular complexity index is 1110. The highest BCUT2D eigenvalue weighted by Crippen LogP contribution is 2.31. The van der Waals surface area contributed by atoms with Crippen LogP contribution in [0.4, 0.5) is 0 Å². The summed E-state index contributed by atoms with van der Waals surface area (Å²) in [7, 11) is 0. The Morgan fingerprint density at radius 2 is 1.88 bits per heavy atom. The Balaban J connectivity index is 1.49. The van der Waals surface area contributed by atoms with Gasteiger partial charge in [-0.2, -0.15) is 4.98 Å². The van der Waals surface area contributed by atoms with Crippen molar-refractivity contribution in [1.82, 2.24) is 19.9 Å². The van der Waals surface area contributed by atoms with Crippen molar-refractivity contribution in [1.29, 1.82) is 0 Å². The fourth-order valence-corrected chi connectivity index (χ4v) is 4.20. The van der Waals surface area contributed by atoms with E-state index in [1.165, 1.54) is 0 Å². The molecule has 4 rings (SSSR count). The Labute approximate surface area is 199 Å². The molecule has 2 aromatic carbocycles. The van der Waals surface area contributed by atoms with E-state index in [0.717, 1.165) is 19.3 Å². The molecule has 1 saturated heterocycles. The molecule has 0 N–H and O–H groups in total. The van der Waals surface area contributed by atoms with E-state index in [1.807, 2.05) is 56.3 Å². The van der Waals surface area contributed by atoms with Gasteiger partial charge in [-0.1, -0.05) is 35.5 Å². The van der Waals surface area contributed by atoms with Crippen LogP contribution in [0.15, 0.2) is 59.1 Å². The lowest BCUT2D eigenvalue weighted by molar-refractivity contribution is -0.138. The third kappa shape index (κ3) is 5.27. The molecular weight excluding hydrogens is 432 g/mol. The monoisotopic (exact) mass is 462 g/mol. The summed E-state index contributed by atoms with van der Waals surface area (Å²) in [5.41, 5.74) is 1.29. The maximum absolute atomic E-state index is 12.9. The average molecular weight is 463 g/mol. The van der Waals surface area contributed by atoms with Crippen molar-refractivity contribution in [2.24, 2.45) is 0 Å². The summed E-state index contributed by atoms with van der Waals surface area (Å²) >= 11 is 0. The second-order valence-corrected chi connectivity index (χ2v) is 8.21. The summed E-state index contributed by atoms with van der Waals surface area (Å²) in [4.78, 5) is 33.8. The van der Waals surface area contributed by atoms with E-state index in [1.54, 1.807) is 21.9 Å². The highest BCUT2D eigenvalue weighted by atomic mass is 16.5. The predicted octanol–water partition coefficient (Wildman–Crippen LogP) is 4.35. The molecule has 2 heterocycles. The first kappa shape index (κ1) is 23.5. The van der Waals surface area contributed by atoms with E-state index in [0.29, 0.717) is 48.2 Å². The van der Waals surface area contributed by atoms with Gasteiger partial charge in [0.1, 0.15) is 11.8 Å². The molecule has 0 saturated carbocycles. The number of hydrogen-bond donors (Lipinski definition) is 0. The van der Waals surface area contributed by atoms with Crippen LogP contribution in [0.1, 0.15) is 55.4 Å². The molecule has 2 amide bonds. The molecule has 1 aromatic heterocycles. The van der Waals surface area contributed by atoms with E-state index < -0.39 is 0 Å². The van der Waals surface area contributed by atoms with Gasteiger partial charge in [-0.25, -0.2) is 0 Å². The van der Waals surface area contributed by atoms with Crippen LogP contribution in [0.25, 0.3) is 11.4 Å². The Hall–Kier alpha value is -3.68. The van der Waals surface area contributed by atoms with Crippen molar-refractivity contribution >= 4 is 11.8 Å². The van der Waals surface area contributed by atoms with Gasteiger partial charge in [-0.05, 0) is 57.4 Å². The number of benzene rings is 2. The first-order valence-corrected chi connectivity index (χ1v) is 11.8. The molecule has 8 heteroatoms. The van der Waals surface area contributed by atoms with Crippen LogP contribution < -0.4 is 4.74 Å². The van der Waals surface area contributed by atoms with Crippen LogP contribution in [0.2, 0.25) is 0 Å². The minimum Gasteiger partial charge on any atom is -0.484 e. The Morgan fingerprint density at radius 3 is 2.65 bits per heavy atom. The number of likely N-dealkylation sites (tertiary alicyclic amines) is 1. The lowest BCUT2D eigenvalue weighted by atomic mass is 10.0. The molecule has 0 unspecified atom stereocenters. The standard InChI is InChI=1S/C26H30N4O4/c1-3-29(4-2)26(32)20-12-10-11-19(17-20)24-27-25(34-28-24)22-15-8-9-16-30(22)23(31)18-33-21-13-6-5-7-14-21/h5-7,10-14,17,22H,3-4,8-9,15-16,18H2,1-2H3/t22-/m1/s1. The summed E-state index contributed by atoms with van der Waals surface area (Å²) in [6, 6.07) is 16.2. The quantitative estimate of drug-likeness (QED) is 0.494.